The molecule has 1 saturated heterocycles. The first-order chi connectivity index (χ1) is 5.84. The fourth-order valence-corrected chi connectivity index (χ4v) is 1.65. The Hall–Kier alpha value is -0.120. The number of hydrogen-bond acceptors (Lipinski definition) is 3. The zero-order chi connectivity index (χ0) is 8.39. The normalized spacial score (nSPS) is 31.2. The Bertz CT molecular complexity index is 147. The molecule has 0 radical (unpaired) electrons. The lowest BCUT2D eigenvalue weighted by Crippen LogP contribution is -2.22. The maximum Gasteiger partial charge on any atom is 0.0958 e. The monoisotopic (exact) mass is 171 g/mol. The van der Waals surface area contributed by atoms with E-state index < -0.39 is 0 Å². The number of β-amino-alcohol motifs (C(OH)–C–C–N with tert-alkyl or cyclic N) is 1. The molecule has 3 nitrogen and oxygen atoms in total. The zero-order valence-electron chi connectivity index (χ0n) is 7.41. The number of hydroxylamine groups is 2. The topological polar surface area (TPSA) is 32.7 Å². The van der Waals surface area contributed by atoms with Gasteiger partial charge in [-0.2, -0.15) is 5.06 Å². The molecule has 1 saturated carbocycles. The Labute approximate surface area is 73.3 Å². The van der Waals surface area contributed by atoms with Crippen LogP contribution in [0.3, 0.4) is 0 Å². The van der Waals surface area contributed by atoms with E-state index in [1.54, 1.807) is 0 Å². The Kier molecular flexibility index (Phi) is 2.63. The second-order valence-corrected chi connectivity index (χ2v) is 3.92. The molecule has 0 amide bonds. The van der Waals surface area contributed by atoms with Gasteiger partial charge in [-0.3, -0.25) is 4.84 Å². The van der Waals surface area contributed by atoms with Gasteiger partial charge in [-0.05, 0) is 18.8 Å². The van der Waals surface area contributed by atoms with Crippen LogP contribution in [0.4, 0.5) is 0 Å². The van der Waals surface area contributed by atoms with E-state index in [2.05, 4.69) is 0 Å². The third-order valence-electron chi connectivity index (χ3n) is 2.58. The molecule has 0 spiro atoms. The average molecular weight is 171 g/mol. The second-order valence-electron chi connectivity index (χ2n) is 3.92. The molecule has 1 aliphatic heterocycles. The van der Waals surface area contributed by atoms with Gasteiger partial charge in [0.1, 0.15) is 0 Å². The number of hydrogen-bond donors (Lipinski definition) is 1. The van der Waals surface area contributed by atoms with Gasteiger partial charge in [0.25, 0.3) is 0 Å². The van der Waals surface area contributed by atoms with Crippen molar-refractivity contribution in [2.24, 2.45) is 5.92 Å². The van der Waals surface area contributed by atoms with Crippen molar-refractivity contribution in [3.8, 4) is 0 Å². The molecule has 1 N–H and O–H groups in total. The maximum atomic E-state index is 9.15. The summed E-state index contributed by atoms with van der Waals surface area (Å²) in [4.78, 5) is 5.25. The number of aliphatic hydroxyl groups excluding tert-OH is 1. The first-order valence-corrected chi connectivity index (χ1v) is 4.90. The summed E-state index contributed by atoms with van der Waals surface area (Å²) in [7, 11) is 0. The molecule has 12 heavy (non-hydrogen) atoms. The van der Waals surface area contributed by atoms with E-state index in [-0.39, 0.29) is 6.10 Å². The van der Waals surface area contributed by atoms with Gasteiger partial charge >= 0.3 is 0 Å². The second kappa shape index (κ2) is 3.73. The molecule has 0 bridgehead atoms. The Morgan fingerprint density at radius 3 is 2.83 bits per heavy atom. The molecule has 0 unspecified atom stereocenters. The van der Waals surface area contributed by atoms with E-state index in [1.807, 2.05) is 5.06 Å². The highest BCUT2D eigenvalue weighted by Crippen LogP contribution is 2.33. The molecule has 1 heterocycles. The molecule has 0 aromatic heterocycles. The highest BCUT2D eigenvalue weighted by atomic mass is 16.7. The van der Waals surface area contributed by atoms with E-state index >= 15 is 0 Å². The van der Waals surface area contributed by atoms with Crippen LogP contribution in [0, 0.1) is 5.92 Å². The number of rotatable bonds is 4. The number of aliphatic hydroxyl groups is 1. The summed E-state index contributed by atoms with van der Waals surface area (Å²) >= 11 is 0. The summed E-state index contributed by atoms with van der Waals surface area (Å²) in [6.45, 7) is 2.18. The minimum Gasteiger partial charge on any atom is -0.389 e. The molecule has 0 aromatic rings. The van der Waals surface area contributed by atoms with Crippen molar-refractivity contribution >= 4 is 0 Å². The van der Waals surface area contributed by atoms with Crippen LogP contribution < -0.4 is 0 Å². The lowest BCUT2D eigenvalue weighted by molar-refractivity contribution is -0.111. The summed E-state index contributed by atoms with van der Waals surface area (Å²) in [5, 5.41) is 11.0. The van der Waals surface area contributed by atoms with Gasteiger partial charge in [0.05, 0.1) is 19.3 Å². The van der Waals surface area contributed by atoms with Crippen LogP contribution in [0.5, 0.6) is 0 Å². The van der Waals surface area contributed by atoms with E-state index in [4.69, 9.17) is 9.94 Å². The summed E-state index contributed by atoms with van der Waals surface area (Å²) in [6, 6.07) is 0. The summed E-state index contributed by atoms with van der Waals surface area (Å²) in [5.74, 6) is 1.01. The van der Waals surface area contributed by atoms with Crippen molar-refractivity contribution in [1.29, 1.82) is 0 Å². The third kappa shape index (κ3) is 2.44. The van der Waals surface area contributed by atoms with Crippen LogP contribution in [0.2, 0.25) is 0 Å². The standard InChI is InChI=1S/C9H17NO2/c11-9-6-10(12-7-9)5-1-2-8-3-4-8/h8-9,11H,1-7H2/t9-/m1/s1. The molecule has 1 aliphatic carbocycles. The SMILES string of the molecule is O[C@H]1CON(CCCC2CC2)C1. The quantitative estimate of drug-likeness (QED) is 0.678. The maximum absolute atomic E-state index is 9.15. The van der Waals surface area contributed by atoms with Crippen molar-refractivity contribution in [3.05, 3.63) is 0 Å². The Morgan fingerprint density at radius 1 is 1.42 bits per heavy atom. The first-order valence-electron chi connectivity index (χ1n) is 4.90. The van der Waals surface area contributed by atoms with E-state index in [0.29, 0.717) is 13.2 Å². The van der Waals surface area contributed by atoms with Crippen molar-refractivity contribution < 1.29 is 9.94 Å². The molecule has 1 atom stereocenters. The van der Waals surface area contributed by atoms with Crippen LogP contribution in [-0.2, 0) is 4.84 Å². The van der Waals surface area contributed by atoms with Gasteiger partial charge in [-0.1, -0.05) is 12.8 Å². The number of nitrogens with zero attached hydrogens (tertiary/aromatic N) is 1. The third-order valence-corrected chi connectivity index (χ3v) is 2.58. The van der Waals surface area contributed by atoms with E-state index in [0.717, 1.165) is 12.5 Å². The summed E-state index contributed by atoms with van der Waals surface area (Å²) < 4.78 is 0. The predicted molar refractivity (Wildman–Crippen MR) is 45.5 cm³/mol. The molecular weight excluding hydrogens is 154 g/mol. The minimum absolute atomic E-state index is 0.258. The predicted octanol–water partition coefficient (Wildman–Crippen LogP) is 0.785. The van der Waals surface area contributed by atoms with Gasteiger partial charge < -0.3 is 5.11 Å². The lowest BCUT2D eigenvalue weighted by Gasteiger charge is -2.12. The van der Waals surface area contributed by atoms with Crippen LogP contribution in [0.25, 0.3) is 0 Å². The zero-order valence-corrected chi connectivity index (χ0v) is 7.41. The summed E-state index contributed by atoms with van der Waals surface area (Å²) in [6.07, 6.45) is 5.17. The van der Waals surface area contributed by atoms with Gasteiger partial charge in [-0.15, -0.1) is 0 Å². The van der Waals surface area contributed by atoms with Gasteiger partial charge in [0.15, 0.2) is 0 Å². The average Bonchev–Trinajstić information content (AvgIpc) is 2.76. The molecule has 2 aliphatic rings. The van der Waals surface area contributed by atoms with Crippen LogP contribution in [0.15, 0.2) is 0 Å². The molecule has 0 aromatic carbocycles. The van der Waals surface area contributed by atoms with Crippen LogP contribution in [0.1, 0.15) is 25.7 Å². The highest BCUT2D eigenvalue weighted by Gasteiger charge is 2.23. The molecular formula is C9H17NO2. The Morgan fingerprint density at radius 2 is 2.25 bits per heavy atom. The first kappa shape index (κ1) is 8.48. The van der Waals surface area contributed by atoms with Crippen molar-refractivity contribution in [2.75, 3.05) is 19.7 Å². The highest BCUT2D eigenvalue weighted by molar-refractivity contribution is 4.73. The molecule has 2 fully saturated rings. The van der Waals surface area contributed by atoms with Crippen molar-refractivity contribution in [2.45, 2.75) is 31.8 Å². The van der Waals surface area contributed by atoms with E-state index in [9.17, 15) is 0 Å². The van der Waals surface area contributed by atoms with Crippen LogP contribution in [-0.4, -0.2) is 36.0 Å². The fourth-order valence-electron chi connectivity index (χ4n) is 1.65. The Balaban J connectivity index is 1.54. The smallest absolute Gasteiger partial charge is 0.0958 e. The van der Waals surface area contributed by atoms with Gasteiger partial charge in [0.2, 0.25) is 0 Å². The lowest BCUT2D eigenvalue weighted by atomic mass is 10.2. The molecule has 3 heteroatoms. The molecule has 70 valence electrons. The van der Waals surface area contributed by atoms with Gasteiger partial charge in [-0.25, -0.2) is 0 Å². The largest absolute Gasteiger partial charge is 0.389 e. The summed E-state index contributed by atoms with van der Waals surface area (Å²) in [5.41, 5.74) is 0. The van der Waals surface area contributed by atoms with E-state index in [1.165, 1.54) is 25.7 Å². The minimum atomic E-state index is -0.258. The van der Waals surface area contributed by atoms with Gasteiger partial charge in [0, 0.05) is 6.54 Å². The van der Waals surface area contributed by atoms with Crippen molar-refractivity contribution in [1.82, 2.24) is 5.06 Å². The molecule has 2 rings (SSSR count). The fraction of sp³-hybridized carbons (Fsp3) is 1.00. The van der Waals surface area contributed by atoms with Crippen LogP contribution >= 0.6 is 0 Å². The van der Waals surface area contributed by atoms with Crippen molar-refractivity contribution in [3.63, 3.8) is 0 Å².